The Morgan fingerprint density at radius 3 is 2.70 bits per heavy atom. The Kier molecular flexibility index (Phi) is 5.53. The average Bonchev–Trinajstić information content (AvgIpc) is 2.84. The van der Waals surface area contributed by atoms with Crippen LogP contribution in [0.15, 0.2) is 34.9 Å². The lowest BCUT2D eigenvalue weighted by Gasteiger charge is -2.18. The van der Waals surface area contributed by atoms with E-state index in [-0.39, 0.29) is 6.04 Å². The van der Waals surface area contributed by atoms with Gasteiger partial charge >= 0.3 is 0 Å². The third kappa shape index (κ3) is 3.78. The molecule has 1 unspecified atom stereocenters. The first-order valence-corrected chi connectivity index (χ1v) is 7.58. The Balaban J connectivity index is 2.23. The smallest absolute Gasteiger partial charge is 0.123 e. The van der Waals surface area contributed by atoms with Gasteiger partial charge in [-0.3, -0.25) is 0 Å². The first kappa shape index (κ1) is 15.4. The number of benzene rings is 1. The molecule has 1 N–H and O–H groups in total. The van der Waals surface area contributed by atoms with Crippen LogP contribution in [0.4, 0.5) is 0 Å². The molecule has 1 heterocycles. The average molecular weight is 312 g/mol. The molecule has 2 rings (SSSR count). The summed E-state index contributed by atoms with van der Waals surface area (Å²) in [4.78, 5) is 0. The molecule has 1 aromatic carbocycles. The van der Waals surface area contributed by atoms with Gasteiger partial charge in [0.1, 0.15) is 5.76 Å². The summed E-state index contributed by atoms with van der Waals surface area (Å²) in [5.74, 6) is 0.967. The van der Waals surface area contributed by atoms with Crippen LogP contribution in [0.25, 0.3) is 0 Å². The van der Waals surface area contributed by atoms with Gasteiger partial charge in [0, 0.05) is 10.0 Å². The summed E-state index contributed by atoms with van der Waals surface area (Å²) >= 11 is 12.3. The SMILES string of the molecule is CCCNC(Cc1cc(Cl)ccc1Cl)c1occc1C. The van der Waals surface area contributed by atoms with Gasteiger partial charge in [-0.05, 0) is 61.7 Å². The molecule has 0 aliphatic heterocycles. The van der Waals surface area contributed by atoms with E-state index in [0.717, 1.165) is 41.3 Å². The second-order valence-electron chi connectivity index (χ2n) is 4.91. The minimum atomic E-state index is 0.112. The molecule has 108 valence electrons. The van der Waals surface area contributed by atoms with Crippen LogP contribution in [0.5, 0.6) is 0 Å². The molecule has 0 bridgehead atoms. The van der Waals surface area contributed by atoms with E-state index in [1.165, 1.54) is 0 Å². The molecule has 1 atom stereocenters. The largest absolute Gasteiger partial charge is 0.467 e. The molecular weight excluding hydrogens is 293 g/mol. The first-order valence-electron chi connectivity index (χ1n) is 6.83. The van der Waals surface area contributed by atoms with Crippen molar-refractivity contribution in [3.8, 4) is 0 Å². The fourth-order valence-electron chi connectivity index (χ4n) is 2.24. The van der Waals surface area contributed by atoms with E-state index in [1.54, 1.807) is 12.3 Å². The minimum Gasteiger partial charge on any atom is -0.467 e. The van der Waals surface area contributed by atoms with Crippen molar-refractivity contribution in [1.29, 1.82) is 0 Å². The number of rotatable bonds is 6. The number of hydrogen-bond acceptors (Lipinski definition) is 2. The highest BCUT2D eigenvalue weighted by molar-refractivity contribution is 6.33. The normalized spacial score (nSPS) is 12.6. The van der Waals surface area contributed by atoms with Gasteiger partial charge in [0.15, 0.2) is 0 Å². The number of aryl methyl sites for hydroxylation is 1. The molecule has 0 spiro atoms. The van der Waals surface area contributed by atoms with Crippen molar-refractivity contribution in [3.63, 3.8) is 0 Å². The van der Waals surface area contributed by atoms with E-state index in [9.17, 15) is 0 Å². The molecule has 2 nitrogen and oxygen atoms in total. The van der Waals surface area contributed by atoms with Gasteiger partial charge in [-0.1, -0.05) is 30.1 Å². The Morgan fingerprint density at radius 2 is 2.05 bits per heavy atom. The van der Waals surface area contributed by atoms with Crippen molar-refractivity contribution in [1.82, 2.24) is 5.32 Å². The quantitative estimate of drug-likeness (QED) is 0.795. The summed E-state index contributed by atoms with van der Waals surface area (Å²) in [6.45, 7) is 5.13. The van der Waals surface area contributed by atoms with Gasteiger partial charge in [0.25, 0.3) is 0 Å². The van der Waals surface area contributed by atoms with E-state index in [0.29, 0.717) is 5.02 Å². The van der Waals surface area contributed by atoms with E-state index in [4.69, 9.17) is 27.6 Å². The number of halogens is 2. The van der Waals surface area contributed by atoms with Gasteiger partial charge in [0.2, 0.25) is 0 Å². The zero-order chi connectivity index (χ0) is 14.5. The highest BCUT2D eigenvalue weighted by Crippen LogP contribution is 2.28. The van der Waals surface area contributed by atoms with Gasteiger partial charge in [0.05, 0.1) is 12.3 Å². The molecule has 0 saturated heterocycles. The molecule has 2 aromatic rings. The van der Waals surface area contributed by atoms with Crippen LogP contribution >= 0.6 is 23.2 Å². The molecule has 0 aliphatic carbocycles. The Bertz CT molecular complexity index is 565. The summed E-state index contributed by atoms with van der Waals surface area (Å²) in [6.07, 6.45) is 3.55. The van der Waals surface area contributed by atoms with Crippen molar-refractivity contribution < 1.29 is 4.42 Å². The summed E-state index contributed by atoms with van der Waals surface area (Å²) < 4.78 is 5.63. The zero-order valence-electron chi connectivity index (χ0n) is 11.7. The molecule has 0 fully saturated rings. The summed E-state index contributed by atoms with van der Waals surface area (Å²) in [5.41, 5.74) is 2.18. The van der Waals surface area contributed by atoms with Gasteiger partial charge in [-0.25, -0.2) is 0 Å². The van der Waals surface area contributed by atoms with Crippen molar-refractivity contribution in [2.45, 2.75) is 32.7 Å². The van der Waals surface area contributed by atoms with Crippen LogP contribution in [0.2, 0.25) is 10.0 Å². The fraction of sp³-hybridized carbons (Fsp3) is 0.375. The van der Waals surface area contributed by atoms with E-state index in [1.807, 2.05) is 18.2 Å². The van der Waals surface area contributed by atoms with Crippen molar-refractivity contribution >= 4 is 23.2 Å². The topological polar surface area (TPSA) is 25.2 Å². The standard InChI is InChI=1S/C16H19Cl2NO/c1-3-7-19-15(16-11(2)6-8-20-16)10-12-9-13(17)4-5-14(12)18/h4-6,8-9,15,19H,3,7,10H2,1-2H3. The summed E-state index contributed by atoms with van der Waals surface area (Å²) in [6, 6.07) is 7.66. The Hall–Kier alpha value is -0.960. The van der Waals surface area contributed by atoms with Crippen LogP contribution in [0.1, 0.15) is 36.3 Å². The molecular formula is C16H19Cl2NO. The van der Waals surface area contributed by atoms with E-state index < -0.39 is 0 Å². The molecule has 0 saturated carbocycles. The molecule has 0 aliphatic rings. The van der Waals surface area contributed by atoms with Gasteiger partial charge < -0.3 is 9.73 Å². The lowest BCUT2D eigenvalue weighted by molar-refractivity contribution is 0.408. The lowest BCUT2D eigenvalue weighted by atomic mass is 10.0. The van der Waals surface area contributed by atoms with E-state index >= 15 is 0 Å². The predicted molar refractivity (Wildman–Crippen MR) is 84.6 cm³/mol. The van der Waals surface area contributed by atoms with Gasteiger partial charge in [-0.2, -0.15) is 0 Å². The van der Waals surface area contributed by atoms with Crippen molar-refractivity contribution in [3.05, 3.63) is 57.5 Å². The maximum absolute atomic E-state index is 6.26. The monoisotopic (exact) mass is 311 g/mol. The number of furan rings is 1. The van der Waals surface area contributed by atoms with Crippen LogP contribution < -0.4 is 5.32 Å². The zero-order valence-corrected chi connectivity index (χ0v) is 13.3. The predicted octanol–water partition coefficient (Wildman–Crippen LogP) is 5.18. The van der Waals surface area contributed by atoms with Crippen molar-refractivity contribution in [2.24, 2.45) is 0 Å². The van der Waals surface area contributed by atoms with E-state index in [2.05, 4.69) is 19.2 Å². The highest BCUT2D eigenvalue weighted by atomic mass is 35.5. The van der Waals surface area contributed by atoms with Crippen LogP contribution in [-0.2, 0) is 6.42 Å². The molecule has 20 heavy (non-hydrogen) atoms. The lowest BCUT2D eigenvalue weighted by Crippen LogP contribution is -2.24. The molecule has 0 radical (unpaired) electrons. The molecule has 1 aromatic heterocycles. The second-order valence-corrected chi connectivity index (χ2v) is 5.76. The second kappa shape index (κ2) is 7.16. The Morgan fingerprint density at radius 1 is 1.25 bits per heavy atom. The van der Waals surface area contributed by atoms with Crippen LogP contribution in [-0.4, -0.2) is 6.54 Å². The maximum Gasteiger partial charge on any atom is 0.123 e. The van der Waals surface area contributed by atoms with Crippen LogP contribution in [0.3, 0.4) is 0 Å². The first-order chi connectivity index (χ1) is 9.61. The van der Waals surface area contributed by atoms with Gasteiger partial charge in [-0.15, -0.1) is 0 Å². The maximum atomic E-state index is 6.26. The third-order valence-corrected chi connectivity index (χ3v) is 3.89. The number of nitrogens with one attached hydrogen (secondary N) is 1. The molecule has 4 heteroatoms. The number of hydrogen-bond donors (Lipinski definition) is 1. The van der Waals surface area contributed by atoms with Crippen molar-refractivity contribution in [2.75, 3.05) is 6.54 Å². The van der Waals surface area contributed by atoms with Crippen LogP contribution in [0, 0.1) is 6.92 Å². The summed E-state index contributed by atoms with van der Waals surface area (Å²) in [5, 5.41) is 4.95. The highest BCUT2D eigenvalue weighted by Gasteiger charge is 2.18. The fourth-order valence-corrected chi connectivity index (χ4v) is 2.63. The summed E-state index contributed by atoms with van der Waals surface area (Å²) in [7, 11) is 0. The minimum absolute atomic E-state index is 0.112. The molecule has 0 amide bonds. The third-order valence-electron chi connectivity index (χ3n) is 3.29. The Labute approximate surface area is 130 Å².